The maximum absolute atomic E-state index is 12.7. The molecule has 0 saturated carbocycles. The van der Waals surface area contributed by atoms with Gasteiger partial charge in [0.1, 0.15) is 0 Å². The zero-order valence-corrected chi connectivity index (χ0v) is 14.5. The van der Waals surface area contributed by atoms with Crippen LogP contribution in [0.4, 0.5) is 10.5 Å². The van der Waals surface area contributed by atoms with Crippen molar-refractivity contribution in [2.75, 3.05) is 26.1 Å². The third-order valence-corrected chi connectivity index (χ3v) is 3.92. The quantitative estimate of drug-likeness (QED) is 0.839. The van der Waals surface area contributed by atoms with E-state index in [-0.39, 0.29) is 12.1 Å². The van der Waals surface area contributed by atoms with Gasteiger partial charge in [0.15, 0.2) is 0 Å². The Morgan fingerprint density at radius 2 is 2.00 bits per heavy atom. The summed E-state index contributed by atoms with van der Waals surface area (Å²) in [5.74, 6) is 0. The highest BCUT2D eigenvalue weighted by Crippen LogP contribution is 2.21. The molecule has 1 aromatic heterocycles. The molecule has 5 nitrogen and oxygen atoms in total. The topological polar surface area (TPSA) is 54.5 Å². The van der Waals surface area contributed by atoms with E-state index in [0.717, 1.165) is 29.8 Å². The van der Waals surface area contributed by atoms with Gasteiger partial charge in [-0.1, -0.05) is 37.6 Å². The maximum Gasteiger partial charge on any atom is 0.322 e. The van der Waals surface area contributed by atoms with Crippen LogP contribution in [0.25, 0.3) is 0 Å². The first-order valence-corrected chi connectivity index (χ1v) is 8.19. The Labute approximate surface area is 143 Å². The van der Waals surface area contributed by atoms with Gasteiger partial charge >= 0.3 is 6.03 Å². The number of ether oxygens (including phenoxy) is 1. The molecule has 128 valence electrons. The minimum absolute atomic E-state index is 0.175. The van der Waals surface area contributed by atoms with Crippen molar-refractivity contribution in [3.8, 4) is 0 Å². The highest BCUT2D eigenvalue weighted by molar-refractivity contribution is 5.90. The second-order valence-electron chi connectivity index (χ2n) is 5.67. The van der Waals surface area contributed by atoms with Crippen LogP contribution in [0.5, 0.6) is 0 Å². The molecule has 0 radical (unpaired) electrons. The molecule has 1 atom stereocenters. The summed E-state index contributed by atoms with van der Waals surface area (Å²) >= 11 is 0. The van der Waals surface area contributed by atoms with Gasteiger partial charge in [0, 0.05) is 26.0 Å². The lowest BCUT2D eigenvalue weighted by Crippen LogP contribution is -2.37. The molecule has 2 rings (SSSR count). The normalized spacial score (nSPS) is 11.8. The molecule has 0 bridgehead atoms. The Hall–Kier alpha value is -2.40. The Balaban J connectivity index is 2.15. The number of nitrogens with one attached hydrogen (secondary N) is 1. The van der Waals surface area contributed by atoms with Crippen molar-refractivity contribution in [2.24, 2.45) is 0 Å². The number of para-hydroxylation sites is 1. The van der Waals surface area contributed by atoms with Gasteiger partial charge in [0.05, 0.1) is 18.3 Å². The van der Waals surface area contributed by atoms with Gasteiger partial charge in [-0.15, -0.1) is 0 Å². The Bertz CT molecular complexity index is 646. The first-order valence-electron chi connectivity index (χ1n) is 8.19. The summed E-state index contributed by atoms with van der Waals surface area (Å²) in [6.07, 6.45) is 3.69. The summed E-state index contributed by atoms with van der Waals surface area (Å²) < 4.78 is 5.28. The minimum Gasteiger partial charge on any atom is -0.382 e. The molecule has 1 unspecified atom stereocenters. The molecular weight excluding hydrogens is 302 g/mol. The summed E-state index contributed by atoms with van der Waals surface area (Å²) in [4.78, 5) is 18.7. The highest BCUT2D eigenvalue weighted by atomic mass is 16.5. The first kappa shape index (κ1) is 17.9. The molecule has 1 heterocycles. The third-order valence-electron chi connectivity index (χ3n) is 3.92. The molecule has 2 amide bonds. The lowest BCUT2D eigenvalue weighted by Gasteiger charge is -2.27. The van der Waals surface area contributed by atoms with Crippen LogP contribution in [-0.2, 0) is 11.2 Å². The summed E-state index contributed by atoms with van der Waals surface area (Å²) in [5, 5.41) is 3.01. The predicted octanol–water partition coefficient (Wildman–Crippen LogP) is 3.89. The fourth-order valence-corrected chi connectivity index (χ4v) is 2.60. The van der Waals surface area contributed by atoms with E-state index in [9.17, 15) is 4.79 Å². The number of likely N-dealkylation sites (N-methyl/N-ethyl adjacent to an activating group) is 1. The number of rotatable bonds is 7. The summed E-state index contributed by atoms with van der Waals surface area (Å²) in [5.41, 5.74) is 2.80. The smallest absolute Gasteiger partial charge is 0.322 e. The van der Waals surface area contributed by atoms with Crippen molar-refractivity contribution in [1.82, 2.24) is 9.88 Å². The Kier molecular flexibility index (Phi) is 6.75. The Morgan fingerprint density at radius 1 is 1.25 bits per heavy atom. The van der Waals surface area contributed by atoms with Crippen LogP contribution in [-0.4, -0.2) is 36.7 Å². The zero-order valence-electron chi connectivity index (χ0n) is 14.5. The second-order valence-corrected chi connectivity index (χ2v) is 5.67. The molecule has 0 saturated heterocycles. The van der Waals surface area contributed by atoms with Crippen molar-refractivity contribution >= 4 is 11.7 Å². The number of pyridine rings is 1. The van der Waals surface area contributed by atoms with E-state index in [1.165, 1.54) is 0 Å². The number of urea groups is 1. The number of aromatic nitrogens is 1. The van der Waals surface area contributed by atoms with E-state index < -0.39 is 0 Å². The standard InChI is InChI=1S/C19H25N3O2/c1-4-9-15-10-5-6-11-16(15)21-19(23)22(2)18(14-24-3)17-12-7-8-13-20-17/h5-8,10-13,18H,4,9,14H2,1-3H3,(H,21,23). The van der Waals surface area contributed by atoms with Gasteiger partial charge in [0.25, 0.3) is 0 Å². The van der Waals surface area contributed by atoms with Crippen LogP contribution >= 0.6 is 0 Å². The fourth-order valence-electron chi connectivity index (χ4n) is 2.60. The second kappa shape index (κ2) is 9.03. The van der Waals surface area contributed by atoms with E-state index in [4.69, 9.17) is 4.74 Å². The molecule has 1 N–H and O–H groups in total. The molecule has 0 spiro atoms. The van der Waals surface area contributed by atoms with Crippen LogP contribution in [0.1, 0.15) is 30.6 Å². The average molecular weight is 327 g/mol. The van der Waals surface area contributed by atoms with Crippen LogP contribution < -0.4 is 5.32 Å². The molecule has 0 aliphatic heterocycles. The van der Waals surface area contributed by atoms with Crippen molar-refractivity contribution in [1.29, 1.82) is 0 Å². The largest absolute Gasteiger partial charge is 0.382 e. The van der Waals surface area contributed by atoms with E-state index in [1.54, 1.807) is 25.3 Å². The molecule has 2 aromatic rings. The number of hydrogen-bond acceptors (Lipinski definition) is 3. The van der Waals surface area contributed by atoms with Crippen LogP contribution in [0.15, 0.2) is 48.7 Å². The molecule has 1 aromatic carbocycles. The van der Waals surface area contributed by atoms with Crippen molar-refractivity contribution in [3.05, 3.63) is 59.9 Å². The van der Waals surface area contributed by atoms with Gasteiger partial charge in [-0.05, 0) is 30.2 Å². The van der Waals surface area contributed by atoms with Crippen LogP contribution in [0.3, 0.4) is 0 Å². The van der Waals surface area contributed by atoms with Crippen LogP contribution in [0, 0.1) is 0 Å². The number of amides is 2. The summed E-state index contributed by atoms with van der Waals surface area (Å²) in [6, 6.07) is 13.2. The number of carbonyl (C=O) groups excluding carboxylic acids is 1. The SMILES string of the molecule is CCCc1ccccc1NC(=O)N(C)C(COC)c1ccccn1. The number of nitrogens with zero attached hydrogens (tertiary/aromatic N) is 2. The van der Waals surface area contributed by atoms with E-state index >= 15 is 0 Å². The molecule has 0 aliphatic carbocycles. The minimum atomic E-state index is -0.241. The van der Waals surface area contributed by atoms with E-state index in [1.807, 2.05) is 42.5 Å². The lowest BCUT2D eigenvalue weighted by atomic mass is 10.1. The first-order chi connectivity index (χ1) is 11.7. The molecule has 5 heteroatoms. The van der Waals surface area contributed by atoms with Gasteiger partial charge < -0.3 is 15.0 Å². The Morgan fingerprint density at radius 3 is 2.67 bits per heavy atom. The predicted molar refractivity (Wildman–Crippen MR) is 96.1 cm³/mol. The number of anilines is 1. The van der Waals surface area contributed by atoms with Crippen LogP contribution in [0.2, 0.25) is 0 Å². The van der Waals surface area contributed by atoms with E-state index in [0.29, 0.717) is 6.61 Å². The van der Waals surface area contributed by atoms with Crippen molar-refractivity contribution in [2.45, 2.75) is 25.8 Å². The fraction of sp³-hybridized carbons (Fsp3) is 0.368. The molecule has 0 fully saturated rings. The number of hydrogen-bond donors (Lipinski definition) is 1. The maximum atomic E-state index is 12.7. The van der Waals surface area contributed by atoms with Gasteiger partial charge in [-0.2, -0.15) is 0 Å². The average Bonchev–Trinajstić information content (AvgIpc) is 2.61. The lowest BCUT2D eigenvalue weighted by molar-refractivity contribution is 0.119. The zero-order chi connectivity index (χ0) is 17.4. The molecule has 24 heavy (non-hydrogen) atoms. The number of carbonyl (C=O) groups is 1. The molecular formula is C19H25N3O2. The van der Waals surface area contributed by atoms with Gasteiger partial charge in [-0.25, -0.2) is 4.79 Å². The monoisotopic (exact) mass is 327 g/mol. The third kappa shape index (κ3) is 4.55. The van der Waals surface area contributed by atoms with Gasteiger partial charge in [-0.3, -0.25) is 4.98 Å². The number of benzene rings is 1. The van der Waals surface area contributed by atoms with E-state index in [2.05, 4.69) is 17.2 Å². The number of methoxy groups -OCH3 is 1. The number of aryl methyl sites for hydroxylation is 1. The summed E-state index contributed by atoms with van der Waals surface area (Å²) in [7, 11) is 3.38. The summed E-state index contributed by atoms with van der Waals surface area (Å²) in [6.45, 7) is 2.51. The molecule has 0 aliphatic rings. The van der Waals surface area contributed by atoms with Crippen molar-refractivity contribution in [3.63, 3.8) is 0 Å². The highest BCUT2D eigenvalue weighted by Gasteiger charge is 2.23. The van der Waals surface area contributed by atoms with Crippen molar-refractivity contribution < 1.29 is 9.53 Å². The van der Waals surface area contributed by atoms with Gasteiger partial charge in [0.2, 0.25) is 0 Å².